The van der Waals surface area contributed by atoms with Crippen molar-refractivity contribution in [3.05, 3.63) is 48.5 Å². The zero-order valence-corrected chi connectivity index (χ0v) is 7.77. The lowest BCUT2D eigenvalue weighted by Crippen LogP contribution is -2.01. The highest BCUT2D eigenvalue weighted by Gasteiger charge is 1.95. The molecule has 0 aromatic heterocycles. The van der Waals surface area contributed by atoms with Gasteiger partial charge < -0.3 is 0 Å². The molecule has 0 unspecified atom stereocenters. The molecular formula is C12H8B2. The summed E-state index contributed by atoms with van der Waals surface area (Å²) in [5.74, 6) is 0. The van der Waals surface area contributed by atoms with Crippen molar-refractivity contribution in [2.75, 3.05) is 0 Å². The first-order chi connectivity index (χ1) is 6.75. The lowest BCUT2D eigenvalue weighted by Gasteiger charge is -2.02. The minimum Gasteiger partial charge on any atom is -0.0966 e. The molecule has 2 rings (SSSR count). The molecule has 2 aromatic carbocycles. The summed E-state index contributed by atoms with van der Waals surface area (Å²) in [6.07, 6.45) is 0. The van der Waals surface area contributed by atoms with Crippen LogP contribution in [0.15, 0.2) is 48.5 Å². The second kappa shape index (κ2) is 3.75. The summed E-state index contributed by atoms with van der Waals surface area (Å²) in [7, 11) is 11.2. The molecule has 0 N–H and O–H groups in total. The molecule has 0 atom stereocenters. The van der Waals surface area contributed by atoms with Gasteiger partial charge in [-0.3, -0.25) is 0 Å². The maximum atomic E-state index is 5.61. The van der Waals surface area contributed by atoms with E-state index in [1.54, 1.807) is 0 Å². The molecule has 0 heterocycles. The molecule has 0 nitrogen and oxygen atoms in total. The summed E-state index contributed by atoms with van der Waals surface area (Å²) in [6.45, 7) is 0. The largest absolute Gasteiger partial charge is 0.113 e. The number of benzene rings is 2. The van der Waals surface area contributed by atoms with Crippen LogP contribution in [0.3, 0.4) is 0 Å². The Kier molecular flexibility index (Phi) is 2.45. The molecule has 0 aliphatic carbocycles. The van der Waals surface area contributed by atoms with Gasteiger partial charge in [-0.2, -0.15) is 0 Å². The van der Waals surface area contributed by atoms with Crippen LogP contribution in [-0.4, -0.2) is 15.7 Å². The van der Waals surface area contributed by atoms with Crippen LogP contribution >= 0.6 is 0 Å². The molecule has 0 aliphatic heterocycles. The van der Waals surface area contributed by atoms with E-state index in [1.165, 1.54) is 0 Å². The molecule has 2 heteroatoms. The van der Waals surface area contributed by atoms with Gasteiger partial charge in [-0.15, -0.1) is 0 Å². The summed E-state index contributed by atoms with van der Waals surface area (Å²) >= 11 is 0. The van der Waals surface area contributed by atoms with Crippen LogP contribution < -0.4 is 10.9 Å². The van der Waals surface area contributed by atoms with Crippen LogP contribution in [0, 0.1) is 0 Å². The van der Waals surface area contributed by atoms with E-state index >= 15 is 0 Å². The third kappa shape index (κ3) is 1.90. The lowest BCUT2D eigenvalue weighted by molar-refractivity contribution is 1.66. The fourth-order valence-corrected chi connectivity index (χ4v) is 1.35. The smallest absolute Gasteiger partial charge is 0.0966 e. The molecule has 0 saturated heterocycles. The van der Waals surface area contributed by atoms with Gasteiger partial charge in [-0.05, 0) is 11.1 Å². The molecule has 14 heavy (non-hydrogen) atoms. The molecule has 4 radical (unpaired) electrons. The standard InChI is InChI=1S/C12H8B2/c13-11-5-1-9(2-6-11)10-3-7-12(14)8-4-10/h1-8H. The van der Waals surface area contributed by atoms with Crippen molar-refractivity contribution in [1.29, 1.82) is 0 Å². The van der Waals surface area contributed by atoms with E-state index < -0.39 is 0 Å². The first-order valence-corrected chi connectivity index (χ1v) is 4.47. The predicted molar refractivity (Wildman–Crippen MR) is 62.7 cm³/mol. The molecule has 0 fully saturated rings. The maximum absolute atomic E-state index is 5.61. The van der Waals surface area contributed by atoms with Gasteiger partial charge in [0.2, 0.25) is 0 Å². The minimum atomic E-state index is 0.782. The van der Waals surface area contributed by atoms with Crippen LogP contribution in [0.4, 0.5) is 0 Å². The SMILES string of the molecule is [B]c1ccc(-c2ccc([B])cc2)cc1. The highest BCUT2D eigenvalue weighted by atomic mass is 14.0. The van der Waals surface area contributed by atoms with Crippen molar-refractivity contribution in [3.8, 4) is 11.1 Å². The Bertz CT molecular complexity index is 372. The average Bonchev–Trinajstić information content (AvgIpc) is 2.21. The Morgan fingerprint density at radius 1 is 0.500 bits per heavy atom. The third-order valence-electron chi connectivity index (χ3n) is 2.15. The van der Waals surface area contributed by atoms with Gasteiger partial charge in [0.15, 0.2) is 0 Å². The third-order valence-corrected chi connectivity index (χ3v) is 2.15. The van der Waals surface area contributed by atoms with Crippen molar-refractivity contribution < 1.29 is 0 Å². The highest BCUT2D eigenvalue weighted by Crippen LogP contribution is 2.16. The Morgan fingerprint density at radius 2 is 0.786 bits per heavy atom. The Balaban J connectivity index is 2.40. The van der Waals surface area contributed by atoms with E-state index in [0.29, 0.717) is 0 Å². The second-order valence-corrected chi connectivity index (χ2v) is 3.24. The van der Waals surface area contributed by atoms with Crippen molar-refractivity contribution >= 4 is 26.6 Å². The maximum Gasteiger partial charge on any atom is 0.113 e. The van der Waals surface area contributed by atoms with Gasteiger partial charge in [-0.25, -0.2) is 0 Å². The zero-order valence-electron chi connectivity index (χ0n) is 7.77. The number of rotatable bonds is 1. The highest BCUT2D eigenvalue weighted by molar-refractivity contribution is 6.32. The van der Waals surface area contributed by atoms with Crippen molar-refractivity contribution in [1.82, 2.24) is 0 Å². The number of hydrogen-bond donors (Lipinski definition) is 0. The monoisotopic (exact) mass is 174 g/mol. The normalized spacial score (nSPS) is 10.0. The van der Waals surface area contributed by atoms with Crippen LogP contribution in [0.5, 0.6) is 0 Å². The fourth-order valence-electron chi connectivity index (χ4n) is 1.35. The van der Waals surface area contributed by atoms with Crippen LogP contribution in [0.1, 0.15) is 0 Å². The Hall–Kier alpha value is -1.43. The zero-order chi connectivity index (χ0) is 9.97. The van der Waals surface area contributed by atoms with Gasteiger partial charge in [-0.1, -0.05) is 59.5 Å². The molecule has 0 aliphatic rings. The molecule has 0 saturated carbocycles. The van der Waals surface area contributed by atoms with Gasteiger partial charge in [0.25, 0.3) is 0 Å². The summed E-state index contributed by atoms with van der Waals surface area (Å²) in [5.41, 5.74) is 3.87. The molecule has 0 bridgehead atoms. The van der Waals surface area contributed by atoms with E-state index in [2.05, 4.69) is 0 Å². The second-order valence-electron chi connectivity index (χ2n) is 3.24. The molecule has 62 valence electrons. The minimum absolute atomic E-state index is 0.782. The molecule has 0 spiro atoms. The van der Waals surface area contributed by atoms with Crippen molar-refractivity contribution in [3.63, 3.8) is 0 Å². The summed E-state index contributed by atoms with van der Waals surface area (Å²) in [5, 5.41) is 0. The molecule has 0 amide bonds. The van der Waals surface area contributed by atoms with E-state index in [9.17, 15) is 0 Å². The average molecular weight is 174 g/mol. The Labute approximate surface area is 86.8 Å². The number of hydrogen-bond acceptors (Lipinski definition) is 0. The van der Waals surface area contributed by atoms with Crippen LogP contribution in [-0.2, 0) is 0 Å². The Morgan fingerprint density at radius 3 is 1.07 bits per heavy atom. The fraction of sp³-hybridized carbons (Fsp3) is 0. The van der Waals surface area contributed by atoms with E-state index in [1.807, 2.05) is 48.5 Å². The van der Waals surface area contributed by atoms with E-state index in [0.717, 1.165) is 22.1 Å². The van der Waals surface area contributed by atoms with Crippen molar-refractivity contribution in [2.45, 2.75) is 0 Å². The lowest BCUT2D eigenvalue weighted by atomic mass is 9.91. The first kappa shape index (κ1) is 9.14. The first-order valence-electron chi connectivity index (χ1n) is 4.47. The van der Waals surface area contributed by atoms with E-state index in [4.69, 9.17) is 15.7 Å². The predicted octanol–water partition coefficient (Wildman–Crippen LogP) is 0.941. The van der Waals surface area contributed by atoms with Crippen LogP contribution in [0.2, 0.25) is 0 Å². The van der Waals surface area contributed by atoms with Crippen molar-refractivity contribution in [2.24, 2.45) is 0 Å². The summed E-state index contributed by atoms with van der Waals surface area (Å²) in [4.78, 5) is 0. The van der Waals surface area contributed by atoms with E-state index in [-0.39, 0.29) is 0 Å². The van der Waals surface area contributed by atoms with Gasteiger partial charge in [0.1, 0.15) is 15.7 Å². The topological polar surface area (TPSA) is 0 Å². The molecule has 2 aromatic rings. The van der Waals surface area contributed by atoms with Gasteiger partial charge >= 0.3 is 0 Å². The quantitative estimate of drug-likeness (QED) is 0.564. The molecular weight excluding hydrogens is 166 g/mol. The van der Waals surface area contributed by atoms with Gasteiger partial charge in [0.05, 0.1) is 0 Å². The van der Waals surface area contributed by atoms with Crippen LogP contribution in [0.25, 0.3) is 11.1 Å². The summed E-state index contributed by atoms with van der Waals surface area (Å²) in [6, 6.07) is 15.6. The van der Waals surface area contributed by atoms with Gasteiger partial charge in [0, 0.05) is 0 Å². The summed E-state index contributed by atoms with van der Waals surface area (Å²) < 4.78 is 0.